The number of anilines is 1. The van der Waals surface area contributed by atoms with Gasteiger partial charge in [0.1, 0.15) is 5.75 Å². The van der Waals surface area contributed by atoms with Crippen molar-refractivity contribution >= 4 is 57.4 Å². The number of hydrogen-bond donors (Lipinski definition) is 2. The van der Waals surface area contributed by atoms with Gasteiger partial charge in [0.2, 0.25) is 0 Å². The summed E-state index contributed by atoms with van der Waals surface area (Å²) in [6.07, 6.45) is 0. The molecule has 0 bridgehead atoms. The summed E-state index contributed by atoms with van der Waals surface area (Å²) >= 11 is 7.38. The maximum Gasteiger partial charge on any atom is 0.257 e. The highest BCUT2D eigenvalue weighted by Crippen LogP contribution is 2.21. The van der Waals surface area contributed by atoms with Gasteiger partial charge in [0, 0.05) is 43.0 Å². The fraction of sp³-hybridized carbons (Fsp3) is 0.286. The first kappa shape index (κ1) is 22.4. The Morgan fingerprint density at radius 3 is 2.47 bits per heavy atom. The summed E-state index contributed by atoms with van der Waals surface area (Å²) in [6.45, 7) is 3.15. The number of amides is 2. The van der Waals surface area contributed by atoms with Gasteiger partial charge in [0.05, 0.1) is 10.7 Å². The van der Waals surface area contributed by atoms with E-state index in [2.05, 4.69) is 45.2 Å². The van der Waals surface area contributed by atoms with Gasteiger partial charge < -0.3 is 19.9 Å². The molecule has 0 aromatic heterocycles. The zero-order chi connectivity index (χ0) is 21.7. The predicted molar refractivity (Wildman–Crippen MR) is 129 cm³/mol. The summed E-state index contributed by atoms with van der Waals surface area (Å²) in [5, 5.41) is 5.80. The quantitative estimate of drug-likeness (QED) is 0.461. The molecule has 30 heavy (non-hydrogen) atoms. The molecule has 2 aromatic carbocycles. The predicted octanol–water partition coefficient (Wildman–Crippen LogP) is 2.81. The zero-order valence-electron chi connectivity index (χ0n) is 16.8. The second kappa shape index (κ2) is 10.2. The molecule has 0 radical (unpaired) electrons. The number of piperazine rings is 1. The third kappa shape index (κ3) is 5.67. The van der Waals surface area contributed by atoms with Crippen molar-refractivity contribution in [3.8, 4) is 5.75 Å². The lowest BCUT2D eigenvalue weighted by Crippen LogP contribution is -2.47. The lowest BCUT2D eigenvalue weighted by atomic mass is 10.1. The first-order chi connectivity index (χ1) is 14.4. The third-order valence-electron chi connectivity index (χ3n) is 4.80. The highest BCUT2D eigenvalue weighted by molar-refractivity contribution is 14.1. The summed E-state index contributed by atoms with van der Waals surface area (Å²) in [5.41, 5.74) is 1.70. The lowest BCUT2D eigenvalue weighted by Gasteiger charge is -2.32. The number of rotatable bonds is 4. The fourth-order valence-corrected chi connectivity index (χ4v) is 4.01. The van der Waals surface area contributed by atoms with E-state index in [1.807, 2.05) is 4.90 Å². The van der Waals surface area contributed by atoms with Crippen molar-refractivity contribution in [3.05, 3.63) is 57.2 Å². The van der Waals surface area contributed by atoms with E-state index in [-0.39, 0.29) is 16.9 Å². The molecule has 1 aliphatic rings. The number of nitrogens with zero attached hydrogens (tertiary/aromatic N) is 2. The maximum absolute atomic E-state index is 12.8. The van der Waals surface area contributed by atoms with E-state index < -0.39 is 0 Å². The molecule has 0 aliphatic carbocycles. The van der Waals surface area contributed by atoms with Crippen LogP contribution in [0.4, 0.5) is 5.69 Å². The summed E-state index contributed by atoms with van der Waals surface area (Å²) in [5.74, 6) is 0.377. The Bertz CT molecular complexity index is 961. The van der Waals surface area contributed by atoms with E-state index in [0.29, 0.717) is 35.7 Å². The number of ether oxygens (including phenoxy) is 1. The molecule has 2 amide bonds. The molecule has 1 fully saturated rings. The third-order valence-corrected chi connectivity index (χ3v) is 5.85. The van der Waals surface area contributed by atoms with E-state index in [0.717, 1.165) is 16.7 Å². The summed E-state index contributed by atoms with van der Waals surface area (Å²) in [7, 11) is 3.63. The van der Waals surface area contributed by atoms with Crippen LogP contribution in [0.1, 0.15) is 20.7 Å². The van der Waals surface area contributed by atoms with E-state index >= 15 is 0 Å². The average molecular weight is 538 g/mol. The molecule has 7 nitrogen and oxygen atoms in total. The Kier molecular flexibility index (Phi) is 7.62. The highest BCUT2D eigenvalue weighted by atomic mass is 127. The Morgan fingerprint density at radius 1 is 1.07 bits per heavy atom. The number of methoxy groups -OCH3 is 1. The standard InChI is InChI=1S/C21H23IN4O3S/c1-25-8-10-26(11-9-25)20(28)15-4-3-5-16(12-15)23-21(30)24-19(27)14-6-7-18(29-2)17(22)13-14/h3-7,12-13H,8-11H2,1-2H3,(H2,23,24,27,30). The van der Waals surface area contributed by atoms with E-state index in [4.69, 9.17) is 17.0 Å². The molecule has 1 saturated heterocycles. The van der Waals surface area contributed by atoms with Crippen LogP contribution in [0, 0.1) is 3.57 Å². The monoisotopic (exact) mass is 538 g/mol. The molecule has 1 heterocycles. The minimum absolute atomic E-state index is 0.00508. The topological polar surface area (TPSA) is 73.9 Å². The van der Waals surface area contributed by atoms with Gasteiger partial charge in [0.25, 0.3) is 11.8 Å². The number of benzene rings is 2. The van der Waals surface area contributed by atoms with Gasteiger partial charge in [-0.25, -0.2) is 0 Å². The molecule has 0 spiro atoms. The molecule has 0 saturated carbocycles. The Balaban J connectivity index is 1.61. The van der Waals surface area contributed by atoms with E-state index in [1.54, 1.807) is 49.6 Å². The molecule has 0 atom stereocenters. The fourth-order valence-electron chi connectivity index (χ4n) is 3.07. The van der Waals surface area contributed by atoms with Gasteiger partial charge in [-0.1, -0.05) is 6.07 Å². The zero-order valence-corrected chi connectivity index (χ0v) is 19.7. The minimum Gasteiger partial charge on any atom is -0.496 e. The van der Waals surface area contributed by atoms with E-state index in [9.17, 15) is 9.59 Å². The van der Waals surface area contributed by atoms with Crippen LogP contribution in [-0.2, 0) is 0 Å². The molecule has 2 N–H and O–H groups in total. The number of carbonyl (C=O) groups excluding carboxylic acids is 2. The number of hydrogen-bond acceptors (Lipinski definition) is 5. The number of nitrogens with one attached hydrogen (secondary N) is 2. The summed E-state index contributed by atoms with van der Waals surface area (Å²) in [4.78, 5) is 29.3. The van der Waals surface area contributed by atoms with Crippen LogP contribution < -0.4 is 15.4 Å². The maximum atomic E-state index is 12.8. The number of halogens is 1. The largest absolute Gasteiger partial charge is 0.496 e. The Morgan fingerprint density at radius 2 is 1.80 bits per heavy atom. The van der Waals surface area contributed by atoms with Crippen LogP contribution in [0.25, 0.3) is 0 Å². The van der Waals surface area contributed by atoms with Crippen molar-refractivity contribution in [1.29, 1.82) is 0 Å². The van der Waals surface area contributed by atoms with Gasteiger partial charge in [-0.2, -0.15) is 0 Å². The van der Waals surface area contributed by atoms with Crippen LogP contribution in [0.15, 0.2) is 42.5 Å². The van der Waals surface area contributed by atoms with Crippen molar-refractivity contribution in [2.45, 2.75) is 0 Å². The Hall–Kier alpha value is -2.24. The van der Waals surface area contributed by atoms with Crippen LogP contribution in [-0.4, -0.2) is 67.1 Å². The van der Waals surface area contributed by atoms with Gasteiger partial charge in [-0.15, -0.1) is 0 Å². The normalized spacial score (nSPS) is 14.2. The second-order valence-corrected chi connectivity index (χ2v) is 8.50. The molecule has 158 valence electrons. The molecular formula is C21H23IN4O3S. The van der Waals surface area contributed by atoms with Crippen molar-refractivity contribution in [1.82, 2.24) is 15.1 Å². The Labute approximate surface area is 194 Å². The minimum atomic E-state index is -0.322. The molecule has 1 aliphatic heterocycles. The molecule has 2 aromatic rings. The lowest BCUT2D eigenvalue weighted by molar-refractivity contribution is 0.0664. The number of thiocarbonyl (C=S) groups is 1. The van der Waals surface area contributed by atoms with Crippen LogP contribution in [0.5, 0.6) is 5.75 Å². The van der Waals surface area contributed by atoms with Crippen molar-refractivity contribution in [3.63, 3.8) is 0 Å². The molecule has 0 unspecified atom stereocenters. The second-order valence-electron chi connectivity index (χ2n) is 6.93. The molecular weight excluding hydrogens is 515 g/mol. The van der Waals surface area contributed by atoms with Crippen molar-refractivity contribution < 1.29 is 14.3 Å². The van der Waals surface area contributed by atoms with Crippen LogP contribution in [0.2, 0.25) is 0 Å². The highest BCUT2D eigenvalue weighted by Gasteiger charge is 2.20. The van der Waals surface area contributed by atoms with Gasteiger partial charge in [0.15, 0.2) is 5.11 Å². The molecule has 3 rings (SSSR count). The number of likely N-dealkylation sites (N-methyl/N-ethyl adjacent to an activating group) is 1. The first-order valence-electron chi connectivity index (χ1n) is 9.41. The van der Waals surface area contributed by atoms with Crippen LogP contribution >= 0.6 is 34.8 Å². The molecule has 9 heteroatoms. The number of carbonyl (C=O) groups is 2. The van der Waals surface area contributed by atoms with Crippen molar-refractivity contribution in [2.24, 2.45) is 0 Å². The summed E-state index contributed by atoms with van der Waals surface area (Å²) < 4.78 is 6.04. The van der Waals surface area contributed by atoms with Crippen molar-refractivity contribution in [2.75, 3.05) is 45.7 Å². The first-order valence-corrected chi connectivity index (χ1v) is 10.9. The van der Waals surface area contributed by atoms with Gasteiger partial charge in [-0.05, 0) is 78.3 Å². The van der Waals surface area contributed by atoms with E-state index in [1.165, 1.54) is 0 Å². The average Bonchev–Trinajstić information content (AvgIpc) is 2.73. The van der Waals surface area contributed by atoms with Crippen LogP contribution in [0.3, 0.4) is 0 Å². The van der Waals surface area contributed by atoms with Gasteiger partial charge >= 0.3 is 0 Å². The smallest absolute Gasteiger partial charge is 0.257 e. The summed E-state index contributed by atoms with van der Waals surface area (Å²) in [6, 6.07) is 12.3. The SMILES string of the molecule is COc1ccc(C(=O)NC(=S)Nc2cccc(C(=O)N3CCN(C)CC3)c2)cc1I. The van der Waals surface area contributed by atoms with Gasteiger partial charge in [-0.3, -0.25) is 14.9 Å².